The second-order valence-electron chi connectivity index (χ2n) is 20.1. The smallest absolute Gasteiger partial charge is 0.309 e. The maximum absolute atomic E-state index is 14.4. The lowest BCUT2D eigenvalue weighted by molar-refractivity contribution is -0.249. The summed E-state index contributed by atoms with van der Waals surface area (Å²) in [4.78, 5) is 39.2. The van der Waals surface area contributed by atoms with E-state index in [1.54, 1.807) is 13.8 Å². The van der Waals surface area contributed by atoms with Crippen molar-refractivity contribution in [3.05, 3.63) is 12.2 Å². The molecule has 0 spiro atoms. The average molecular weight is 668 g/mol. The van der Waals surface area contributed by atoms with Crippen molar-refractivity contribution >= 4 is 17.8 Å². The van der Waals surface area contributed by atoms with Crippen LogP contribution in [0, 0.1) is 68.0 Å². The summed E-state index contributed by atoms with van der Waals surface area (Å²) in [5.74, 6) is 1.76. The number of hydrogen-bond donors (Lipinski definition) is 2. The molecule has 0 aromatic rings. The van der Waals surface area contributed by atoms with Gasteiger partial charge >= 0.3 is 11.9 Å². The molecule has 5 saturated carbocycles. The first-order valence-electron chi connectivity index (χ1n) is 19.5. The molecule has 2 N–H and O–H groups in total. The van der Waals surface area contributed by atoms with Gasteiger partial charge in [-0.2, -0.15) is 0 Å². The van der Waals surface area contributed by atoms with E-state index in [-0.39, 0.29) is 45.6 Å². The highest BCUT2D eigenvalue weighted by Gasteiger charge is 2.72. The van der Waals surface area contributed by atoms with Crippen LogP contribution in [-0.2, 0) is 19.1 Å². The van der Waals surface area contributed by atoms with Crippen molar-refractivity contribution < 1.29 is 24.2 Å². The number of ether oxygens (including phenoxy) is 1. The minimum atomic E-state index is -1.14. The van der Waals surface area contributed by atoms with E-state index in [0.29, 0.717) is 41.4 Å². The van der Waals surface area contributed by atoms with Gasteiger partial charge in [0, 0.05) is 11.5 Å². The van der Waals surface area contributed by atoms with Gasteiger partial charge in [-0.05, 0) is 150 Å². The molecular formula is C42H69NO5. The average Bonchev–Trinajstić information content (AvgIpc) is 3.35. The van der Waals surface area contributed by atoms with E-state index in [9.17, 15) is 19.5 Å². The fraction of sp³-hybridized carbons (Fsp3) is 0.881. The van der Waals surface area contributed by atoms with Gasteiger partial charge in [0.05, 0.1) is 17.3 Å². The minimum Gasteiger partial charge on any atom is -0.481 e. The fourth-order valence-corrected chi connectivity index (χ4v) is 13.5. The number of carbonyl (C=O) groups is 3. The Morgan fingerprint density at radius 1 is 0.875 bits per heavy atom. The number of carbonyl (C=O) groups excluding carboxylic acids is 2. The summed E-state index contributed by atoms with van der Waals surface area (Å²) in [5, 5.41) is 13.1. The van der Waals surface area contributed by atoms with Crippen LogP contribution in [0.4, 0.5) is 0 Å². The number of nitrogens with one attached hydrogen (secondary N) is 1. The Labute approximate surface area is 292 Å². The third-order valence-corrected chi connectivity index (χ3v) is 16.1. The minimum absolute atomic E-state index is 0.111. The number of aliphatic carboxylic acids is 1. The SMILES string of the molecule is C=C(C)[C@@H]1CC[C@]2(C(=O)NC(C)CC(C)C)CC[C@]3(C)[C@H](CCC4[C@@]5(C)CC[C@H](OC(=O)CC(C)(C)C(=O)O)C(C)(C)[C@@H]5CC[C@]43C)[C@@H]12. The highest BCUT2D eigenvalue weighted by Crippen LogP contribution is 2.77. The van der Waals surface area contributed by atoms with E-state index in [1.165, 1.54) is 18.4 Å². The zero-order valence-electron chi connectivity index (χ0n) is 32.4. The molecule has 11 atom stereocenters. The van der Waals surface area contributed by atoms with Gasteiger partial charge in [-0.1, -0.05) is 60.6 Å². The van der Waals surface area contributed by atoms with Crippen molar-refractivity contribution in [1.29, 1.82) is 0 Å². The molecule has 0 heterocycles. The van der Waals surface area contributed by atoms with Crippen LogP contribution in [0.2, 0.25) is 0 Å². The third kappa shape index (κ3) is 5.69. The molecule has 48 heavy (non-hydrogen) atoms. The zero-order valence-corrected chi connectivity index (χ0v) is 32.4. The predicted octanol–water partition coefficient (Wildman–Crippen LogP) is 9.61. The number of carboxylic acids is 1. The lowest BCUT2D eigenvalue weighted by atomic mass is 9.32. The van der Waals surface area contributed by atoms with Gasteiger partial charge in [-0.15, -0.1) is 0 Å². The number of fused-ring (bicyclic) bond motifs is 7. The number of amides is 1. The largest absolute Gasteiger partial charge is 0.481 e. The van der Waals surface area contributed by atoms with Gasteiger partial charge in [0.2, 0.25) is 5.91 Å². The van der Waals surface area contributed by atoms with Gasteiger partial charge < -0.3 is 15.2 Å². The lowest BCUT2D eigenvalue weighted by Gasteiger charge is -2.72. The molecule has 6 heteroatoms. The van der Waals surface area contributed by atoms with Crippen molar-refractivity contribution in [3.8, 4) is 0 Å². The van der Waals surface area contributed by atoms with Crippen LogP contribution >= 0.6 is 0 Å². The summed E-state index contributed by atoms with van der Waals surface area (Å²) in [7, 11) is 0. The van der Waals surface area contributed by atoms with Crippen LogP contribution in [0.15, 0.2) is 12.2 Å². The van der Waals surface area contributed by atoms with Crippen LogP contribution in [0.1, 0.15) is 153 Å². The number of allylic oxidation sites excluding steroid dienone is 1. The molecule has 5 aliphatic carbocycles. The molecule has 0 aromatic heterocycles. The molecule has 0 radical (unpaired) electrons. The van der Waals surface area contributed by atoms with Crippen LogP contribution < -0.4 is 5.32 Å². The fourth-order valence-electron chi connectivity index (χ4n) is 13.5. The summed E-state index contributed by atoms with van der Waals surface area (Å²) in [6.45, 7) is 29.0. The molecular weight excluding hydrogens is 598 g/mol. The maximum Gasteiger partial charge on any atom is 0.309 e. The van der Waals surface area contributed by atoms with E-state index in [0.717, 1.165) is 57.8 Å². The molecule has 272 valence electrons. The van der Waals surface area contributed by atoms with E-state index in [4.69, 9.17) is 4.74 Å². The van der Waals surface area contributed by atoms with E-state index >= 15 is 0 Å². The van der Waals surface area contributed by atoms with Gasteiger partial charge in [0.25, 0.3) is 0 Å². The Morgan fingerprint density at radius 2 is 1.54 bits per heavy atom. The van der Waals surface area contributed by atoms with Crippen molar-refractivity contribution in [3.63, 3.8) is 0 Å². The Bertz CT molecular complexity index is 1300. The summed E-state index contributed by atoms with van der Waals surface area (Å²) >= 11 is 0. The van der Waals surface area contributed by atoms with Crippen molar-refractivity contribution in [2.45, 2.75) is 165 Å². The molecule has 5 fully saturated rings. The summed E-state index contributed by atoms with van der Waals surface area (Å²) in [6, 6.07) is 0.189. The third-order valence-electron chi connectivity index (χ3n) is 16.1. The van der Waals surface area contributed by atoms with Gasteiger partial charge in [0.15, 0.2) is 0 Å². The zero-order chi connectivity index (χ0) is 35.8. The molecule has 2 unspecified atom stereocenters. The Morgan fingerprint density at radius 3 is 2.15 bits per heavy atom. The lowest BCUT2D eigenvalue weighted by Crippen LogP contribution is -2.67. The normalized spacial score (nSPS) is 42.4. The van der Waals surface area contributed by atoms with Crippen LogP contribution in [0.3, 0.4) is 0 Å². The predicted molar refractivity (Wildman–Crippen MR) is 192 cm³/mol. The number of hydrogen-bond acceptors (Lipinski definition) is 4. The summed E-state index contributed by atoms with van der Waals surface area (Å²) in [5.41, 5.74) is 0.0878. The first kappa shape index (κ1) is 37.4. The molecule has 0 aromatic carbocycles. The molecule has 5 rings (SSSR count). The van der Waals surface area contributed by atoms with Crippen molar-refractivity contribution in [2.24, 2.45) is 68.0 Å². The second-order valence-corrected chi connectivity index (χ2v) is 20.1. The Kier molecular flexibility index (Phi) is 9.69. The van der Waals surface area contributed by atoms with Crippen LogP contribution in [0.5, 0.6) is 0 Å². The summed E-state index contributed by atoms with van der Waals surface area (Å²) < 4.78 is 6.17. The highest BCUT2D eigenvalue weighted by molar-refractivity contribution is 5.84. The molecule has 0 aliphatic heterocycles. The Hall–Kier alpha value is -1.85. The molecule has 1 amide bonds. The standard InChI is InChI=1S/C42H69NO5/c1-25(2)23-27(5)43-35(45)42-20-15-28(26(3)4)34(42)29-13-14-31-39(10)18-17-32(48-33(44)24-37(6,7)36(46)47)38(8,9)30(39)16-19-41(31,12)40(29,11)21-22-42/h25,27-32,34H,3,13-24H2,1-2,4-12H3,(H,43,45)(H,46,47)/t27?,28-,29+,30-,31?,32-,34+,39-,40+,41+,42-/m0/s1. The second kappa shape index (κ2) is 12.4. The molecule has 0 saturated heterocycles. The van der Waals surface area contributed by atoms with Crippen molar-refractivity contribution in [1.82, 2.24) is 5.32 Å². The van der Waals surface area contributed by atoms with Crippen molar-refractivity contribution in [2.75, 3.05) is 0 Å². The number of esters is 1. The highest BCUT2D eigenvalue weighted by atomic mass is 16.5. The maximum atomic E-state index is 14.4. The number of rotatable bonds is 9. The molecule has 5 aliphatic rings. The molecule has 0 bridgehead atoms. The van der Waals surface area contributed by atoms with Gasteiger partial charge in [0.1, 0.15) is 6.10 Å². The monoisotopic (exact) mass is 668 g/mol. The Balaban J connectivity index is 1.41. The van der Waals surface area contributed by atoms with E-state index in [1.807, 2.05) is 0 Å². The first-order chi connectivity index (χ1) is 22.1. The summed E-state index contributed by atoms with van der Waals surface area (Å²) in [6.07, 6.45) is 11.3. The van der Waals surface area contributed by atoms with Crippen LogP contribution in [0.25, 0.3) is 0 Å². The van der Waals surface area contributed by atoms with Gasteiger partial charge in [-0.25, -0.2) is 0 Å². The number of carboxylic acid groups (broad SMARTS) is 1. The first-order valence-corrected chi connectivity index (χ1v) is 19.5. The van der Waals surface area contributed by atoms with Gasteiger partial charge in [-0.3, -0.25) is 14.4 Å². The van der Waals surface area contributed by atoms with E-state index < -0.39 is 17.4 Å². The molecule has 6 nitrogen and oxygen atoms in total. The van der Waals surface area contributed by atoms with Crippen LogP contribution in [-0.4, -0.2) is 35.1 Å². The van der Waals surface area contributed by atoms with E-state index in [2.05, 4.69) is 74.2 Å². The quantitative estimate of drug-likeness (QED) is 0.189. The topological polar surface area (TPSA) is 92.7 Å².